The minimum absolute atomic E-state index is 0.00764. The number of likely N-dealkylation sites (N-methyl/N-ethyl adjacent to an activating group) is 1. The van der Waals surface area contributed by atoms with Crippen molar-refractivity contribution in [2.45, 2.75) is 53.2 Å². The van der Waals surface area contributed by atoms with Gasteiger partial charge in [0.05, 0.1) is 10.5 Å². The standard InChI is InChI=1S/C13H24N4O3/c1-7-15(8-13(5,6)18)12-11(17(19)20)10(4)14-16(12)9(2)3/h9,18H,7-8H2,1-6H3. The topological polar surface area (TPSA) is 84.4 Å². The molecule has 7 nitrogen and oxygen atoms in total. The van der Waals surface area contributed by atoms with Gasteiger partial charge in [-0.05, 0) is 41.5 Å². The van der Waals surface area contributed by atoms with Gasteiger partial charge in [-0.25, -0.2) is 4.68 Å². The fourth-order valence-corrected chi connectivity index (χ4v) is 2.20. The van der Waals surface area contributed by atoms with Gasteiger partial charge in [-0.15, -0.1) is 0 Å². The number of nitro groups is 1. The van der Waals surface area contributed by atoms with Gasteiger partial charge >= 0.3 is 5.69 Å². The molecule has 20 heavy (non-hydrogen) atoms. The van der Waals surface area contributed by atoms with Crippen molar-refractivity contribution in [3.8, 4) is 0 Å². The van der Waals surface area contributed by atoms with Gasteiger partial charge < -0.3 is 10.0 Å². The van der Waals surface area contributed by atoms with E-state index in [9.17, 15) is 15.2 Å². The van der Waals surface area contributed by atoms with Crippen LogP contribution in [0.1, 0.15) is 46.4 Å². The summed E-state index contributed by atoms with van der Waals surface area (Å²) in [6.07, 6.45) is 0. The third-order valence-electron chi connectivity index (χ3n) is 2.96. The highest BCUT2D eigenvalue weighted by Gasteiger charge is 2.32. The number of hydrogen-bond acceptors (Lipinski definition) is 5. The Labute approximate surface area is 119 Å². The largest absolute Gasteiger partial charge is 0.389 e. The molecule has 1 aromatic rings. The molecule has 0 aliphatic rings. The van der Waals surface area contributed by atoms with Crippen molar-refractivity contribution < 1.29 is 10.0 Å². The van der Waals surface area contributed by atoms with Gasteiger partial charge in [-0.2, -0.15) is 5.10 Å². The van der Waals surface area contributed by atoms with E-state index >= 15 is 0 Å². The molecule has 0 saturated heterocycles. The molecule has 1 rings (SSSR count). The van der Waals surface area contributed by atoms with Gasteiger partial charge in [-0.3, -0.25) is 10.1 Å². The molecule has 0 aliphatic carbocycles. The highest BCUT2D eigenvalue weighted by molar-refractivity contribution is 5.61. The highest BCUT2D eigenvalue weighted by Crippen LogP contribution is 2.34. The zero-order chi connectivity index (χ0) is 15.7. The molecule has 114 valence electrons. The second-order valence-corrected chi connectivity index (χ2v) is 5.88. The molecule has 0 bridgehead atoms. The van der Waals surface area contributed by atoms with E-state index in [0.29, 0.717) is 24.6 Å². The Bertz CT molecular complexity index is 489. The third-order valence-corrected chi connectivity index (χ3v) is 2.96. The molecule has 1 heterocycles. The van der Waals surface area contributed by atoms with Crippen LogP contribution in [-0.4, -0.2) is 38.5 Å². The van der Waals surface area contributed by atoms with E-state index in [-0.39, 0.29) is 11.7 Å². The van der Waals surface area contributed by atoms with Gasteiger partial charge in [0.1, 0.15) is 5.69 Å². The lowest BCUT2D eigenvalue weighted by Gasteiger charge is -2.30. The van der Waals surface area contributed by atoms with Crippen LogP contribution >= 0.6 is 0 Å². The molecule has 0 aromatic carbocycles. The summed E-state index contributed by atoms with van der Waals surface area (Å²) in [5.74, 6) is 0.465. The van der Waals surface area contributed by atoms with E-state index < -0.39 is 10.5 Å². The number of anilines is 1. The summed E-state index contributed by atoms with van der Waals surface area (Å²) in [7, 11) is 0. The monoisotopic (exact) mass is 284 g/mol. The van der Waals surface area contributed by atoms with Gasteiger partial charge in [0.25, 0.3) is 0 Å². The number of aryl methyl sites for hydroxylation is 1. The first-order chi connectivity index (χ1) is 9.08. The maximum Gasteiger partial charge on any atom is 0.333 e. The van der Waals surface area contributed by atoms with Crippen LogP contribution in [-0.2, 0) is 0 Å². The molecule has 7 heteroatoms. The first-order valence-electron chi connectivity index (χ1n) is 6.79. The zero-order valence-electron chi connectivity index (χ0n) is 13.0. The van der Waals surface area contributed by atoms with Crippen LogP contribution in [0.3, 0.4) is 0 Å². The van der Waals surface area contributed by atoms with E-state index in [1.54, 1.807) is 30.4 Å². The molecule has 1 N–H and O–H groups in total. The Balaban J connectivity index is 3.41. The quantitative estimate of drug-likeness (QED) is 0.640. The normalized spacial score (nSPS) is 12.0. The van der Waals surface area contributed by atoms with Crippen LogP contribution in [0.5, 0.6) is 0 Å². The maximum atomic E-state index is 11.3. The third kappa shape index (κ3) is 3.47. The minimum atomic E-state index is -0.941. The van der Waals surface area contributed by atoms with Crippen molar-refractivity contribution in [2.24, 2.45) is 0 Å². The molecule has 0 fully saturated rings. The lowest BCUT2D eigenvalue weighted by Crippen LogP contribution is -2.40. The molecule has 0 amide bonds. The summed E-state index contributed by atoms with van der Waals surface area (Å²) in [5, 5.41) is 25.6. The van der Waals surface area contributed by atoms with Crippen LogP contribution in [0, 0.1) is 17.0 Å². The molecule has 1 aromatic heterocycles. The van der Waals surface area contributed by atoms with Crippen molar-refractivity contribution in [3.05, 3.63) is 15.8 Å². The molecule has 0 unspecified atom stereocenters. The predicted octanol–water partition coefficient (Wildman–Crippen LogP) is 2.28. The maximum absolute atomic E-state index is 11.3. The van der Waals surface area contributed by atoms with Crippen molar-refractivity contribution >= 4 is 11.5 Å². The summed E-state index contributed by atoms with van der Waals surface area (Å²) < 4.78 is 1.66. The van der Waals surface area contributed by atoms with Crippen LogP contribution in [0.15, 0.2) is 0 Å². The smallest absolute Gasteiger partial charge is 0.333 e. The average Bonchev–Trinajstić information content (AvgIpc) is 2.62. The van der Waals surface area contributed by atoms with Gasteiger partial charge in [0.15, 0.2) is 0 Å². The van der Waals surface area contributed by atoms with Crippen LogP contribution < -0.4 is 4.90 Å². The molecule has 0 aliphatic heterocycles. The van der Waals surface area contributed by atoms with Crippen molar-refractivity contribution in [2.75, 3.05) is 18.0 Å². The van der Waals surface area contributed by atoms with E-state index in [2.05, 4.69) is 5.10 Å². The fraction of sp³-hybridized carbons (Fsp3) is 0.769. The Morgan fingerprint density at radius 1 is 1.50 bits per heavy atom. The minimum Gasteiger partial charge on any atom is -0.389 e. The second kappa shape index (κ2) is 5.78. The first kappa shape index (κ1) is 16.4. The lowest BCUT2D eigenvalue weighted by atomic mass is 10.1. The van der Waals surface area contributed by atoms with E-state index in [0.717, 1.165) is 0 Å². The predicted molar refractivity (Wildman–Crippen MR) is 78.2 cm³/mol. The van der Waals surface area contributed by atoms with Crippen LogP contribution in [0.25, 0.3) is 0 Å². The molecule has 0 spiro atoms. The summed E-state index contributed by atoms with van der Waals surface area (Å²) in [5.41, 5.74) is -0.526. The average molecular weight is 284 g/mol. The molecular weight excluding hydrogens is 260 g/mol. The molecule has 0 atom stereocenters. The van der Waals surface area contributed by atoms with Gasteiger partial charge in [0, 0.05) is 19.1 Å². The Kier molecular flexibility index (Phi) is 4.75. The summed E-state index contributed by atoms with van der Waals surface area (Å²) in [6.45, 7) is 11.6. The number of aromatic nitrogens is 2. The van der Waals surface area contributed by atoms with Gasteiger partial charge in [-0.1, -0.05) is 0 Å². The Morgan fingerprint density at radius 3 is 2.40 bits per heavy atom. The fourth-order valence-electron chi connectivity index (χ4n) is 2.20. The van der Waals surface area contributed by atoms with E-state index in [4.69, 9.17) is 0 Å². The summed E-state index contributed by atoms with van der Waals surface area (Å²) >= 11 is 0. The number of hydrogen-bond donors (Lipinski definition) is 1. The summed E-state index contributed by atoms with van der Waals surface area (Å²) in [6, 6.07) is 0.00764. The number of nitrogens with zero attached hydrogens (tertiary/aromatic N) is 4. The van der Waals surface area contributed by atoms with Crippen molar-refractivity contribution in [1.82, 2.24) is 9.78 Å². The second-order valence-electron chi connectivity index (χ2n) is 5.88. The molecule has 0 saturated carbocycles. The van der Waals surface area contributed by atoms with E-state index in [1.807, 2.05) is 20.8 Å². The Hall–Kier alpha value is -1.63. The zero-order valence-corrected chi connectivity index (χ0v) is 13.0. The van der Waals surface area contributed by atoms with Crippen molar-refractivity contribution in [3.63, 3.8) is 0 Å². The number of rotatable bonds is 6. The van der Waals surface area contributed by atoms with Crippen LogP contribution in [0.4, 0.5) is 11.5 Å². The number of aliphatic hydroxyl groups is 1. The Morgan fingerprint density at radius 2 is 2.05 bits per heavy atom. The van der Waals surface area contributed by atoms with Crippen molar-refractivity contribution in [1.29, 1.82) is 0 Å². The van der Waals surface area contributed by atoms with Crippen LogP contribution in [0.2, 0.25) is 0 Å². The molecule has 0 radical (unpaired) electrons. The van der Waals surface area contributed by atoms with E-state index in [1.165, 1.54) is 0 Å². The lowest BCUT2D eigenvalue weighted by molar-refractivity contribution is -0.384. The van der Waals surface area contributed by atoms with Gasteiger partial charge in [0.2, 0.25) is 5.82 Å². The highest BCUT2D eigenvalue weighted by atomic mass is 16.6. The SMILES string of the molecule is CCN(CC(C)(C)O)c1c([N+](=O)[O-])c(C)nn1C(C)C. The summed E-state index contributed by atoms with van der Waals surface area (Å²) in [4.78, 5) is 12.7. The first-order valence-corrected chi connectivity index (χ1v) is 6.79. The molecular formula is C13H24N4O3.